The fourth-order valence-corrected chi connectivity index (χ4v) is 7.32. The highest BCUT2D eigenvalue weighted by atomic mass is 32.2. The molecule has 0 fully saturated rings. The molecule has 8 heteroatoms. The molecule has 0 aliphatic rings. The Morgan fingerprint density at radius 3 is 2.12 bits per heavy atom. The van der Waals surface area contributed by atoms with Crippen LogP contribution in [-0.4, -0.2) is 38.5 Å². The normalized spacial score (nSPS) is 12.5. The number of rotatable bonds is 6. The monoisotopic (exact) mass is 483 g/mol. The standard InChI is InChI=1S/C25H25NO5S2/c1-5-32(28,29)24-21-20-10-8-7-9-18(20)13-14-26(21)22(25(24)33(30,31)6-2)23(27)19-12-11-16(3)15-17(19)4/h7-15H,5-6H2,1-4H3. The van der Waals surface area contributed by atoms with E-state index in [0.29, 0.717) is 16.5 Å². The maximum atomic E-state index is 13.9. The van der Waals surface area contributed by atoms with Crippen molar-refractivity contribution in [2.24, 2.45) is 0 Å². The summed E-state index contributed by atoms with van der Waals surface area (Å²) in [6.07, 6.45) is 1.58. The Hall–Kier alpha value is -2.97. The number of sulfone groups is 2. The summed E-state index contributed by atoms with van der Waals surface area (Å²) in [7, 11) is -8.08. The highest BCUT2D eigenvalue weighted by Crippen LogP contribution is 2.38. The van der Waals surface area contributed by atoms with Crippen molar-refractivity contribution in [3.63, 3.8) is 0 Å². The fraction of sp³-hybridized carbons (Fsp3) is 0.240. The highest BCUT2D eigenvalue weighted by Gasteiger charge is 2.37. The molecule has 0 amide bonds. The van der Waals surface area contributed by atoms with E-state index in [-0.39, 0.29) is 27.6 Å². The van der Waals surface area contributed by atoms with Gasteiger partial charge in [0.05, 0.1) is 17.0 Å². The molecule has 0 saturated heterocycles. The number of ketones is 1. The molecular weight excluding hydrogens is 458 g/mol. The summed E-state index contributed by atoms with van der Waals surface area (Å²) in [5.74, 6) is -1.15. The van der Waals surface area contributed by atoms with E-state index >= 15 is 0 Å². The number of benzene rings is 2. The van der Waals surface area contributed by atoms with Crippen LogP contribution in [0.4, 0.5) is 0 Å². The van der Waals surface area contributed by atoms with Crippen LogP contribution in [0.25, 0.3) is 16.3 Å². The lowest BCUT2D eigenvalue weighted by Gasteiger charge is -2.10. The second kappa shape index (κ2) is 8.11. The zero-order valence-corrected chi connectivity index (χ0v) is 20.5. The van der Waals surface area contributed by atoms with Gasteiger partial charge >= 0.3 is 0 Å². The third-order valence-electron chi connectivity index (χ3n) is 5.96. The predicted molar refractivity (Wildman–Crippen MR) is 130 cm³/mol. The third-order valence-corrected chi connectivity index (χ3v) is 9.65. The first-order chi connectivity index (χ1) is 15.5. The van der Waals surface area contributed by atoms with E-state index in [0.717, 1.165) is 10.9 Å². The van der Waals surface area contributed by atoms with Gasteiger partial charge in [-0.1, -0.05) is 61.9 Å². The molecule has 2 heterocycles. The molecule has 2 aromatic heterocycles. The van der Waals surface area contributed by atoms with Gasteiger partial charge in [0.1, 0.15) is 15.5 Å². The van der Waals surface area contributed by atoms with E-state index < -0.39 is 30.4 Å². The number of carbonyl (C=O) groups is 1. The minimum Gasteiger partial charge on any atom is -0.311 e. The number of aryl methyl sites for hydroxylation is 2. The van der Waals surface area contributed by atoms with Crippen LogP contribution >= 0.6 is 0 Å². The summed E-state index contributed by atoms with van der Waals surface area (Å²) in [6.45, 7) is 6.60. The molecule has 0 radical (unpaired) electrons. The van der Waals surface area contributed by atoms with Crippen molar-refractivity contribution in [1.29, 1.82) is 0 Å². The van der Waals surface area contributed by atoms with Crippen molar-refractivity contribution >= 4 is 41.7 Å². The largest absolute Gasteiger partial charge is 0.311 e. The van der Waals surface area contributed by atoms with E-state index in [9.17, 15) is 21.6 Å². The first kappa shape index (κ1) is 23.2. The number of nitrogens with zero attached hydrogens (tertiary/aromatic N) is 1. The first-order valence-corrected chi connectivity index (χ1v) is 14.0. The van der Waals surface area contributed by atoms with Gasteiger partial charge in [-0.15, -0.1) is 0 Å². The van der Waals surface area contributed by atoms with Crippen molar-refractivity contribution < 1.29 is 21.6 Å². The van der Waals surface area contributed by atoms with E-state index in [2.05, 4.69) is 0 Å². The van der Waals surface area contributed by atoms with Crippen molar-refractivity contribution in [1.82, 2.24) is 4.40 Å². The maximum absolute atomic E-state index is 13.9. The van der Waals surface area contributed by atoms with Crippen LogP contribution in [0.2, 0.25) is 0 Å². The Morgan fingerprint density at radius 2 is 1.48 bits per heavy atom. The second-order valence-electron chi connectivity index (χ2n) is 8.08. The van der Waals surface area contributed by atoms with Gasteiger partial charge in [0.25, 0.3) is 0 Å². The Morgan fingerprint density at radius 1 is 0.848 bits per heavy atom. The minimum absolute atomic E-state index is 0.142. The van der Waals surface area contributed by atoms with Crippen LogP contribution in [0.3, 0.4) is 0 Å². The lowest BCUT2D eigenvalue weighted by atomic mass is 10.0. The van der Waals surface area contributed by atoms with Gasteiger partial charge in [-0.2, -0.15) is 0 Å². The summed E-state index contributed by atoms with van der Waals surface area (Å²) in [5, 5.41) is 1.32. The first-order valence-electron chi connectivity index (χ1n) is 10.7. The summed E-state index contributed by atoms with van der Waals surface area (Å²) in [4.78, 5) is 13.2. The zero-order chi connectivity index (χ0) is 24.1. The molecule has 0 spiro atoms. The Bertz CT molecular complexity index is 1650. The zero-order valence-electron chi connectivity index (χ0n) is 18.9. The van der Waals surface area contributed by atoms with E-state index in [1.807, 2.05) is 25.1 Å². The average molecular weight is 484 g/mol. The molecule has 0 unspecified atom stereocenters. The lowest BCUT2D eigenvalue weighted by Crippen LogP contribution is -2.16. The number of pyridine rings is 1. The molecule has 33 heavy (non-hydrogen) atoms. The molecule has 0 saturated carbocycles. The SMILES string of the molecule is CCS(=O)(=O)c1c(S(=O)(=O)CC)c2c3ccccc3ccn2c1C(=O)c1ccc(C)cc1C. The fourth-order valence-electron chi connectivity index (χ4n) is 4.23. The summed E-state index contributed by atoms with van der Waals surface area (Å²) < 4.78 is 54.8. The molecule has 0 aliphatic carbocycles. The molecule has 0 aliphatic heterocycles. The quantitative estimate of drug-likeness (QED) is 0.376. The second-order valence-corrected chi connectivity index (χ2v) is 12.5. The summed E-state index contributed by atoms with van der Waals surface area (Å²) in [6, 6.07) is 14.2. The van der Waals surface area contributed by atoms with Gasteiger partial charge in [-0.05, 0) is 30.9 Å². The molecule has 0 atom stereocenters. The summed E-state index contributed by atoms with van der Waals surface area (Å²) >= 11 is 0. The average Bonchev–Trinajstić information content (AvgIpc) is 3.16. The van der Waals surface area contributed by atoms with Gasteiger partial charge < -0.3 is 4.40 Å². The van der Waals surface area contributed by atoms with Crippen LogP contribution < -0.4 is 0 Å². The third kappa shape index (κ3) is 3.67. The van der Waals surface area contributed by atoms with E-state index in [4.69, 9.17) is 0 Å². The van der Waals surface area contributed by atoms with Gasteiger partial charge in [0, 0.05) is 17.1 Å². The van der Waals surface area contributed by atoms with E-state index in [1.54, 1.807) is 43.5 Å². The molecule has 4 rings (SSSR count). The molecule has 2 aromatic carbocycles. The van der Waals surface area contributed by atoms with Gasteiger partial charge in [-0.3, -0.25) is 4.79 Å². The van der Waals surface area contributed by atoms with Crippen molar-refractivity contribution in [2.45, 2.75) is 37.5 Å². The maximum Gasteiger partial charge on any atom is 0.211 e. The van der Waals surface area contributed by atoms with Crippen LogP contribution in [-0.2, 0) is 19.7 Å². The van der Waals surface area contributed by atoms with Crippen molar-refractivity contribution in [2.75, 3.05) is 11.5 Å². The number of aromatic nitrogens is 1. The Balaban J connectivity index is 2.29. The molecule has 4 aromatic rings. The summed E-state index contributed by atoms with van der Waals surface area (Å²) in [5.41, 5.74) is 2.06. The molecular formula is C25H25NO5S2. The van der Waals surface area contributed by atoms with Crippen LogP contribution in [0, 0.1) is 13.8 Å². The molecule has 0 bridgehead atoms. The van der Waals surface area contributed by atoms with Crippen molar-refractivity contribution in [3.8, 4) is 0 Å². The van der Waals surface area contributed by atoms with E-state index in [1.165, 1.54) is 18.2 Å². The Kier molecular flexibility index (Phi) is 5.70. The number of fused-ring (bicyclic) bond motifs is 3. The van der Waals surface area contributed by atoms with Gasteiger partial charge in [-0.25, -0.2) is 16.8 Å². The Labute approximate surface area is 193 Å². The molecule has 6 nitrogen and oxygen atoms in total. The lowest BCUT2D eigenvalue weighted by molar-refractivity contribution is 0.102. The number of hydrogen-bond acceptors (Lipinski definition) is 5. The van der Waals surface area contributed by atoms with Crippen LogP contribution in [0.1, 0.15) is 41.0 Å². The highest BCUT2D eigenvalue weighted by molar-refractivity contribution is 7.94. The molecule has 0 N–H and O–H groups in total. The van der Waals surface area contributed by atoms with Crippen LogP contribution in [0.15, 0.2) is 64.5 Å². The smallest absolute Gasteiger partial charge is 0.211 e. The van der Waals surface area contributed by atoms with Crippen molar-refractivity contribution in [3.05, 3.63) is 77.1 Å². The van der Waals surface area contributed by atoms with Gasteiger partial charge in [0.2, 0.25) is 5.78 Å². The number of carbonyl (C=O) groups excluding carboxylic acids is 1. The number of hydrogen-bond donors (Lipinski definition) is 0. The predicted octanol–water partition coefficient (Wildman–Crippen LogP) is 4.53. The van der Waals surface area contributed by atoms with Crippen LogP contribution in [0.5, 0.6) is 0 Å². The van der Waals surface area contributed by atoms with Gasteiger partial charge in [0.15, 0.2) is 19.7 Å². The topological polar surface area (TPSA) is 89.8 Å². The minimum atomic E-state index is -4.08. The molecule has 172 valence electrons.